The number of carboxylic acid groups (broad SMARTS) is 1. The van der Waals surface area contributed by atoms with Crippen LogP contribution < -0.4 is 10.2 Å². The van der Waals surface area contributed by atoms with Gasteiger partial charge in [0.25, 0.3) is 5.91 Å². The Kier molecular flexibility index (Phi) is 4.97. The summed E-state index contributed by atoms with van der Waals surface area (Å²) in [5, 5.41) is 12.3. The molecule has 1 fully saturated rings. The molecule has 6 nitrogen and oxygen atoms in total. The number of carboxylic acids is 1. The van der Waals surface area contributed by atoms with Gasteiger partial charge in [-0.2, -0.15) is 0 Å². The summed E-state index contributed by atoms with van der Waals surface area (Å²) in [5.74, 6) is -0.221. The van der Waals surface area contributed by atoms with Crippen LogP contribution in [0.15, 0.2) is 42.6 Å². The zero-order valence-electron chi connectivity index (χ0n) is 14.1. The summed E-state index contributed by atoms with van der Waals surface area (Å²) in [6.07, 6.45) is 3.56. The van der Waals surface area contributed by atoms with Gasteiger partial charge in [0, 0.05) is 18.7 Å². The number of hydrogen-bond donors (Lipinski definition) is 2. The molecule has 1 saturated heterocycles. The highest BCUT2D eigenvalue weighted by molar-refractivity contribution is 6.05. The van der Waals surface area contributed by atoms with E-state index in [1.807, 2.05) is 11.0 Å². The van der Waals surface area contributed by atoms with E-state index in [0.29, 0.717) is 23.0 Å². The second-order valence-corrected chi connectivity index (χ2v) is 6.39. The summed E-state index contributed by atoms with van der Waals surface area (Å²) in [4.78, 5) is 30.2. The molecule has 1 aliphatic heterocycles. The van der Waals surface area contributed by atoms with Crippen molar-refractivity contribution in [2.75, 3.05) is 23.3 Å². The van der Waals surface area contributed by atoms with Gasteiger partial charge >= 0.3 is 5.97 Å². The number of carbonyl (C=O) groups is 2. The van der Waals surface area contributed by atoms with Crippen molar-refractivity contribution in [3.63, 3.8) is 0 Å². The van der Waals surface area contributed by atoms with E-state index in [1.165, 1.54) is 12.3 Å². The van der Waals surface area contributed by atoms with E-state index in [0.717, 1.165) is 25.9 Å². The molecule has 1 aromatic carbocycles. The zero-order chi connectivity index (χ0) is 17.8. The molecule has 2 heterocycles. The van der Waals surface area contributed by atoms with Gasteiger partial charge in [0.1, 0.15) is 11.4 Å². The smallest absolute Gasteiger partial charge is 0.339 e. The van der Waals surface area contributed by atoms with Crippen LogP contribution in [0.25, 0.3) is 0 Å². The number of pyridine rings is 1. The number of aromatic nitrogens is 1. The largest absolute Gasteiger partial charge is 0.478 e. The Bertz CT molecular complexity index is 769. The molecule has 0 spiro atoms. The highest BCUT2D eigenvalue weighted by atomic mass is 16.4. The van der Waals surface area contributed by atoms with Crippen LogP contribution in [0.4, 0.5) is 11.5 Å². The first-order valence-corrected chi connectivity index (χ1v) is 8.39. The number of benzene rings is 1. The molecule has 1 aliphatic rings. The van der Waals surface area contributed by atoms with Gasteiger partial charge in [0.2, 0.25) is 0 Å². The molecule has 2 aromatic rings. The van der Waals surface area contributed by atoms with Crippen molar-refractivity contribution in [3.05, 3.63) is 53.7 Å². The minimum Gasteiger partial charge on any atom is -0.478 e. The van der Waals surface area contributed by atoms with E-state index in [-0.39, 0.29) is 11.5 Å². The third kappa shape index (κ3) is 3.96. The van der Waals surface area contributed by atoms with E-state index in [4.69, 9.17) is 0 Å². The lowest BCUT2D eigenvalue weighted by molar-refractivity contribution is 0.0696. The Labute approximate surface area is 146 Å². The standard InChI is InChI=1S/C19H21N3O3/c1-13-7-9-22(10-8-13)17-16(19(24)25)11-15(12-20-17)21-18(23)14-5-3-2-4-6-14/h2-6,11-13H,7-10H2,1H3,(H,21,23)(H,24,25). The second-order valence-electron chi connectivity index (χ2n) is 6.39. The number of anilines is 2. The number of nitrogens with zero attached hydrogens (tertiary/aromatic N) is 2. The first-order chi connectivity index (χ1) is 12.0. The number of aromatic carboxylic acids is 1. The van der Waals surface area contributed by atoms with E-state index in [9.17, 15) is 14.7 Å². The van der Waals surface area contributed by atoms with Crippen LogP contribution in [0.3, 0.4) is 0 Å². The van der Waals surface area contributed by atoms with Crippen LogP contribution in [0.2, 0.25) is 0 Å². The molecular weight excluding hydrogens is 318 g/mol. The third-order valence-corrected chi connectivity index (χ3v) is 4.47. The van der Waals surface area contributed by atoms with Crippen molar-refractivity contribution in [1.82, 2.24) is 4.98 Å². The highest BCUT2D eigenvalue weighted by Gasteiger charge is 2.22. The molecule has 0 saturated carbocycles. The summed E-state index contributed by atoms with van der Waals surface area (Å²) in [6, 6.07) is 10.2. The fourth-order valence-corrected chi connectivity index (χ4v) is 2.95. The first kappa shape index (κ1) is 17.0. The summed E-state index contributed by atoms with van der Waals surface area (Å²) in [6.45, 7) is 3.79. The highest BCUT2D eigenvalue weighted by Crippen LogP contribution is 2.26. The third-order valence-electron chi connectivity index (χ3n) is 4.47. The molecule has 0 aliphatic carbocycles. The van der Waals surface area contributed by atoms with Gasteiger partial charge in [-0.1, -0.05) is 25.1 Å². The molecule has 2 N–H and O–H groups in total. The topological polar surface area (TPSA) is 82.5 Å². The summed E-state index contributed by atoms with van der Waals surface area (Å²) in [7, 11) is 0. The van der Waals surface area contributed by atoms with Gasteiger partial charge in [-0.15, -0.1) is 0 Å². The molecular formula is C19H21N3O3. The number of hydrogen-bond acceptors (Lipinski definition) is 4. The molecule has 130 valence electrons. The number of rotatable bonds is 4. The van der Waals surface area contributed by atoms with Crippen LogP contribution in [-0.2, 0) is 0 Å². The Morgan fingerprint density at radius 2 is 1.88 bits per heavy atom. The van der Waals surface area contributed by atoms with E-state index < -0.39 is 5.97 Å². The van der Waals surface area contributed by atoms with Crippen molar-refractivity contribution in [2.24, 2.45) is 5.92 Å². The van der Waals surface area contributed by atoms with Crippen LogP contribution >= 0.6 is 0 Å². The monoisotopic (exact) mass is 339 g/mol. The van der Waals surface area contributed by atoms with E-state index >= 15 is 0 Å². The molecule has 0 bridgehead atoms. The lowest BCUT2D eigenvalue weighted by Gasteiger charge is -2.32. The molecule has 3 rings (SSSR count). The Morgan fingerprint density at radius 3 is 2.52 bits per heavy atom. The van der Waals surface area contributed by atoms with Gasteiger partial charge in [-0.3, -0.25) is 4.79 Å². The lowest BCUT2D eigenvalue weighted by Crippen LogP contribution is -2.34. The normalized spacial score (nSPS) is 15.0. The summed E-state index contributed by atoms with van der Waals surface area (Å²) < 4.78 is 0. The Morgan fingerprint density at radius 1 is 1.20 bits per heavy atom. The van der Waals surface area contributed by atoms with Crippen LogP contribution in [0, 0.1) is 5.92 Å². The average molecular weight is 339 g/mol. The molecule has 0 unspecified atom stereocenters. The van der Waals surface area contributed by atoms with Crippen LogP contribution in [0.5, 0.6) is 0 Å². The zero-order valence-corrected chi connectivity index (χ0v) is 14.1. The van der Waals surface area contributed by atoms with Crippen LogP contribution in [0.1, 0.15) is 40.5 Å². The van der Waals surface area contributed by atoms with Crippen molar-refractivity contribution in [3.8, 4) is 0 Å². The van der Waals surface area contributed by atoms with E-state index in [1.54, 1.807) is 24.3 Å². The first-order valence-electron chi connectivity index (χ1n) is 8.39. The van der Waals surface area contributed by atoms with Crippen molar-refractivity contribution >= 4 is 23.4 Å². The maximum absolute atomic E-state index is 12.2. The fourth-order valence-electron chi connectivity index (χ4n) is 2.95. The van der Waals surface area contributed by atoms with Gasteiger partial charge in [-0.05, 0) is 37.0 Å². The predicted molar refractivity (Wildman–Crippen MR) is 96.2 cm³/mol. The van der Waals surface area contributed by atoms with Crippen molar-refractivity contribution in [1.29, 1.82) is 0 Å². The summed E-state index contributed by atoms with van der Waals surface area (Å²) in [5.41, 5.74) is 0.995. The SMILES string of the molecule is CC1CCN(c2ncc(NC(=O)c3ccccc3)cc2C(=O)O)CC1. The molecule has 1 amide bonds. The second kappa shape index (κ2) is 7.34. The summed E-state index contributed by atoms with van der Waals surface area (Å²) >= 11 is 0. The van der Waals surface area contributed by atoms with Gasteiger partial charge in [0.05, 0.1) is 11.9 Å². The maximum atomic E-state index is 12.2. The number of piperidine rings is 1. The Balaban J connectivity index is 1.82. The maximum Gasteiger partial charge on any atom is 0.339 e. The molecule has 25 heavy (non-hydrogen) atoms. The quantitative estimate of drug-likeness (QED) is 0.893. The number of carbonyl (C=O) groups excluding carboxylic acids is 1. The molecule has 6 heteroatoms. The number of nitrogens with one attached hydrogen (secondary N) is 1. The minimum absolute atomic E-state index is 0.111. The molecule has 0 atom stereocenters. The molecule has 1 aromatic heterocycles. The minimum atomic E-state index is -1.04. The van der Waals surface area contributed by atoms with Gasteiger partial charge < -0.3 is 15.3 Å². The number of amides is 1. The molecule has 0 radical (unpaired) electrons. The van der Waals surface area contributed by atoms with Gasteiger partial charge in [-0.25, -0.2) is 9.78 Å². The van der Waals surface area contributed by atoms with Crippen molar-refractivity contribution < 1.29 is 14.7 Å². The van der Waals surface area contributed by atoms with Crippen LogP contribution in [-0.4, -0.2) is 35.1 Å². The predicted octanol–water partition coefficient (Wildman–Crippen LogP) is 3.27. The lowest BCUT2D eigenvalue weighted by atomic mass is 9.99. The average Bonchev–Trinajstić information content (AvgIpc) is 2.63. The fraction of sp³-hybridized carbons (Fsp3) is 0.316. The Hall–Kier alpha value is -2.89. The van der Waals surface area contributed by atoms with E-state index in [2.05, 4.69) is 17.2 Å². The van der Waals surface area contributed by atoms with Gasteiger partial charge in [0.15, 0.2) is 0 Å². The van der Waals surface area contributed by atoms with Crippen molar-refractivity contribution in [2.45, 2.75) is 19.8 Å².